The van der Waals surface area contributed by atoms with Gasteiger partial charge in [-0.1, -0.05) is 36.7 Å². The summed E-state index contributed by atoms with van der Waals surface area (Å²) in [5.74, 6) is 1.49. The van der Waals surface area contributed by atoms with Gasteiger partial charge < -0.3 is 4.42 Å². The van der Waals surface area contributed by atoms with Crippen molar-refractivity contribution in [2.24, 2.45) is 5.10 Å². The highest BCUT2D eigenvalue weighted by Crippen LogP contribution is 2.25. The Morgan fingerprint density at radius 2 is 1.84 bits per heavy atom. The highest BCUT2D eigenvalue weighted by molar-refractivity contribution is 9.10. The van der Waals surface area contributed by atoms with Crippen LogP contribution >= 0.6 is 15.9 Å². The summed E-state index contributed by atoms with van der Waals surface area (Å²) >= 11 is 3.40. The Kier molecular flexibility index (Phi) is 5.52. The van der Waals surface area contributed by atoms with Gasteiger partial charge in [-0.3, -0.25) is 14.9 Å². The molecule has 9 heteroatoms. The van der Waals surface area contributed by atoms with E-state index in [1.165, 1.54) is 23.0 Å². The van der Waals surface area contributed by atoms with E-state index in [1.54, 1.807) is 36.4 Å². The molecule has 162 valence electrons. The summed E-state index contributed by atoms with van der Waals surface area (Å²) in [7, 11) is 0. The van der Waals surface area contributed by atoms with Gasteiger partial charge in [0.15, 0.2) is 0 Å². The first kappa shape index (κ1) is 21.6. The smallest absolute Gasteiger partial charge is 0.282 e. The zero-order chi connectivity index (χ0) is 23.0. The number of hydrogen-bond donors (Lipinski definition) is 0. The van der Waals surface area contributed by atoms with Gasteiger partial charge in [0.2, 0.25) is 0 Å². The normalized spacial score (nSPS) is 12.0. The van der Waals surface area contributed by atoms with Gasteiger partial charge in [-0.15, -0.1) is 0 Å². The molecule has 32 heavy (non-hydrogen) atoms. The fraction of sp³-hybridized carbons (Fsp3) is 0.174. The number of aromatic nitrogens is 2. The summed E-state index contributed by atoms with van der Waals surface area (Å²) in [5, 5.41) is 15.7. The number of furan rings is 1. The molecule has 0 amide bonds. The molecule has 2 aromatic heterocycles. The lowest BCUT2D eigenvalue weighted by molar-refractivity contribution is -0.384. The van der Waals surface area contributed by atoms with Crippen LogP contribution < -0.4 is 5.56 Å². The SMILES string of the molecule is CC(C)(C)c1nc2ccc(Br)cc2c(=O)n1N=Cc1ccc(-c2ccc([N+](=O)[O-])cc2)o1. The first-order valence-electron chi connectivity index (χ1n) is 9.75. The molecule has 2 aromatic carbocycles. The van der Waals surface area contributed by atoms with E-state index in [9.17, 15) is 14.9 Å². The molecule has 0 radical (unpaired) electrons. The third kappa shape index (κ3) is 4.24. The lowest BCUT2D eigenvalue weighted by Crippen LogP contribution is -2.29. The summed E-state index contributed by atoms with van der Waals surface area (Å²) < 4.78 is 7.88. The number of rotatable bonds is 4. The van der Waals surface area contributed by atoms with E-state index >= 15 is 0 Å². The molecule has 0 N–H and O–H groups in total. The minimum absolute atomic E-state index is 0.00613. The van der Waals surface area contributed by atoms with Gasteiger partial charge in [0, 0.05) is 27.6 Å². The second kappa shape index (κ2) is 8.16. The van der Waals surface area contributed by atoms with Crippen molar-refractivity contribution in [2.45, 2.75) is 26.2 Å². The number of nitro groups is 1. The number of halogens is 1. The van der Waals surface area contributed by atoms with Crippen molar-refractivity contribution in [2.75, 3.05) is 0 Å². The van der Waals surface area contributed by atoms with E-state index in [1.807, 2.05) is 26.8 Å². The maximum absolute atomic E-state index is 13.2. The van der Waals surface area contributed by atoms with Gasteiger partial charge in [0.05, 0.1) is 22.0 Å². The van der Waals surface area contributed by atoms with E-state index in [4.69, 9.17) is 4.42 Å². The average molecular weight is 495 g/mol. The molecular formula is C23H19BrN4O4. The number of nitrogens with zero attached hydrogens (tertiary/aromatic N) is 4. The number of nitro benzene ring substituents is 1. The quantitative estimate of drug-likeness (QED) is 0.211. The second-order valence-electron chi connectivity index (χ2n) is 8.21. The van der Waals surface area contributed by atoms with E-state index in [-0.39, 0.29) is 11.2 Å². The Bertz CT molecular complexity index is 1410. The van der Waals surface area contributed by atoms with Gasteiger partial charge in [0.1, 0.15) is 17.3 Å². The molecule has 0 saturated carbocycles. The lowest BCUT2D eigenvalue weighted by atomic mass is 9.95. The van der Waals surface area contributed by atoms with Crippen molar-refractivity contribution in [3.05, 3.63) is 91.1 Å². The zero-order valence-electron chi connectivity index (χ0n) is 17.6. The maximum atomic E-state index is 13.2. The van der Waals surface area contributed by atoms with Crippen molar-refractivity contribution >= 4 is 38.7 Å². The van der Waals surface area contributed by atoms with Crippen LogP contribution in [0.2, 0.25) is 0 Å². The van der Waals surface area contributed by atoms with Crippen LogP contribution in [0.5, 0.6) is 0 Å². The molecular weight excluding hydrogens is 476 g/mol. The van der Waals surface area contributed by atoms with Gasteiger partial charge in [0.25, 0.3) is 11.2 Å². The Hall–Kier alpha value is -3.59. The van der Waals surface area contributed by atoms with Crippen LogP contribution in [0.1, 0.15) is 32.4 Å². The van der Waals surface area contributed by atoms with Gasteiger partial charge in [-0.25, -0.2) is 4.98 Å². The number of benzene rings is 2. The number of fused-ring (bicyclic) bond motifs is 1. The third-order valence-electron chi connectivity index (χ3n) is 4.77. The molecule has 4 aromatic rings. The predicted molar refractivity (Wildman–Crippen MR) is 126 cm³/mol. The topological polar surface area (TPSA) is 104 Å². The molecule has 0 atom stereocenters. The van der Waals surface area contributed by atoms with E-state index in [0.29, 0.717) is 33.8 Å². The van der Waals surface area contributed by atoms with E-state index < -0.39 is 10.3 Å². The minimum atomic E-state index is -0.454. The molecule has 0 aliphatic heterocycles. The van der Waals surface area contributed by atoms with Crippen LogP contribution in [0.15, 0.2) is 73.4 Å². The van der Waals surface area contributed by atoms with Gasteiger partial charge in [-0.2, -0.15) is 9.78 Å². The molecule has 0 spiro atoms. The van der Waals surface area contributed by atoms with Crippen LogP contribution in [0.25, 0.3) is 22.2 Å². The van der Waals surface area contributed by atoms with Crippen molar-refractivity contribution in [3.63, 3.8) is 0 Å². The van der Waals surface area contributed by atoms with E-state index in [2.05, 4.69) is 26.0 Å². The van der Waals surface area contributed by atoms with Crippen molar-refractivity contribution in [3.8, 4) is 11.3 Å². The van der Waals surface area contributed by atoms with E-state index in [0.717, 1.165) is 4.47 Å². The van der Waals surface area contributed by atoms with Crippen LogP contribution in [0.3, 0.4) is 0 Å². The molecule has 0 bridgehead atoms. The Labute approximate surface area is 191 Å². The fourth-order valence-electron chi connectivity index (χ4n) is 3.18. The maximum Gasteiger partial charge on any atom is 0.282 e. The standard InChI is InChI=1S/C23H19BrN4O4/c1-23(2,3)22-26-19-10-6-15(24)12-18(19)21(29)27(22)25-13-17-9-11-20(32-17)14-4-7-16(8-5-14)28(30)31/h4-13H,1-3H3. The predicted octanol–water partition coefficient (Wildman–Crippen LogP) is 5.51. The van der Waals surface area contributed by atoms with Crippen molar-refractivity contribution < 1.29 is 9.34 Å². The molecule has 0 aliphatic rings. The Balaban J connectivity index is 1.73. The van der Waals surface area contributed by atoms with Gasteiger partial charge >= 0.3 is 0 Å². The first-order chi connectivity index (χ1) is 15.1. The minimum Gasteiger partial charge on any atom is -0.455 e. The largest absolute Gasteiger partial charge is 0.455 e. The average Bonchev–Trinajstić information content (AvgIpc) is 3.21. The summed E-state index contributed by atoms with van der Waals surface area (Å²) in [6.07, 6.45) is 1.46. The molecule has 0 unspecified atom stereocenters. The molecule has 0 fully saturated rings. The summed E-state index contributed by atoms with van der Waals surface area (Å²) in [6, 6.07) is 14.9. The monoisotopic (exact) mass is 494 g/mol. The fourth-order valence-corrected chi connectivity index (χ4v) is 3.54. The molecule has 2 heterocycles. The summed E-state index contributed by atoms with van der Waals surface area (Å²) in [5.41, 5.74) is 0.601. The number of non-ortho nitro benzene ring substituents is 1. The Morgan fingerprint density at radius 1 is 1.12 bits per heavy atom. The highest BCUT2D eigenvalue weighted by atomic mass is 79.9. The Morgan fingerprint density at radius 3 is 2.50 bits per heavy atom. The third-order valence-corrected chi connectivity index (χ3v) is 5.26. The molecule has 8 nitrogen and oxygen atoms in total. The second-order valence-corrected chi connectivity index (χ2v) is 9.13. The van der Waals surface area contributed by atoms with Crippen LogP contribution in [-0.4, -0.2) is 20.8 Å². The number of hydrogen-bond acceptors (Lipinski definition) is 6. The van der Waals surface area contributed by atoms with Crippen molar-refractivity contribution in [1.82, 2.24) is 9.66 Å². The zero-order valence-corrected chi connectivity index (χ0v) is 19.2. The first-order valence-corrected chi connectivity index (χ1v) is 10.5. The van der Waals surface area contributed by atoms with Crippen LogP contribution in [0, 0.1) is 10.1 Å². The van der Waals surface area contributed by atoms with Crippen molar-refractivity contribution in [1.29, 1.82) is 0 Å². The molecule has 4 rings (SSSR count). The van der Waals surface area contributed by atoms with Crippen LogP contribution in [0.4, 0.5) is 5.69 Å². The van der Waals surface area contributed by atoms with Gasteiger partial charge in [-0.05, 0) is 42.5 Å². The summed E-state index contributed by atoms with van der Waals surface area (Å²) in [4.78, 5) is 28.2. The highest BCUT2D eigenvalue weighted by Gasteiger charge is 2.23. The summed E-state index contributed by atoms with van der Waals surface area (Å²) in [6.45, 7) is 5.89. The lowest BCUT2D eigenvalue weighted by Gasteiger charge is -2.20. The van der Waals surface area contributed by atoms with Crippen LogP contribution in [-0.2, 0) is 5.41 Å². The molecule has 0 saturated heterocycles. The molecule has 0 aliphatic carbocycles.